The largest absolute Gasteiger partial charge is 0.382 e. The SMILES string of the molecule is CCOCCCc1cc(N)n[nH]1. The first-order chi connectivity index (χ1) is 5.83. The molecular formula is C8H15N3O. The van der Waals surface area contributed by atoms with Crippen LogP contribution in [0.1, 0.15) is 19.0 Å². The Kier molecular flexibility index (Phi) is 3.60. The molecular weight excluding hydrogens is 154 g/mol. The number of aromatic amines is 1. The van der Waals surface area contributed by atoms with Crippen molar-refractivity contribution >= 4 is 5.82 Å². The van der Waals surface area contributed by atoms with Crippen molar-refractivity contribution in [1.82, 2.24) is 10.2 Å². The summed E-state index contributed by atoms with van der Waals surface area (Å²) in [6, 6.07) is 1.85. The molecule has 12 heavy (non-hydrogen) atoms. The molecule has 1 rings (SSSR count). The molecule has 0 aliphatic heterocycles. The summed E-state index contributed by atoms with van der Waals surface area (Å²) >= 11 is 0. The first kappa shape index (κ1) is 9.06. The van der Waals surface area contributed by atoms with Gasteiger partial charge < -0.3 is 10.5 Å². The van der Waals surface area contributed by atoms with E-state index in [1.54, 1.807) is 0 Å². The lowest BCUT2D eigenvalue weighted by Gasteiger charge is -1.98. The average molecular weight is 169 g/mol. The molecule has 0 aromatic carbocycles. The summed E-state index contributed by atoms with van der Waals surface area (Å²) in [6.07, 6.45) is 1.96. The molecule has 0 atom stereocenters. The zero-order valence-corrected chi connectivity index (χ0v) is 7.34. The standard InChI is InChI=1S/C8H15N3O/c1-2-12-5-3-4-7-6-8(9)11-10-7/h6H,2-5H2,1H3,(H3,9,10,11). The van der Waals surface area contributed by atoms with Crippen LogP contribution in [0.3, 0.4) is 0 Å². The lowest BCUT2D eigenvalue weighted by Crippen LogP contribution is -1.95. The summed E-state index contributed by atoms with van der Waals surface area (Å²) in [5.74, 6) is 0.557. The summed E-state index contributed by atoms with van der Waals surface area (Å²) in [4.78, 5) is 0. The highest BCUT2D eigenvalue weighted by molar-refractivity contribution is 5.28. The Bertz CT molecular complexity index is 222. The minimum absolute atomic E-state index is 0.557. The smallest absolute Gasteiger partial charge is 0.145 e. The molecule has 4 nitrogen and oxygen atoms in total. The van der Waals surface area contributed by atoms with E-state index in [9.17, 15) is 0 Å². The van der Waals surface area contributed by atoms with Gasteiger partial charge in [-0.2, -0.15) is 5.10 Å². The first-order valence-electron chi connectivity index (χ1n) is 4.20. The number of H-pyrrole nitrogens is 1. The lowest BCUT2D eigenvalue weighted by atomic mass is 10.2. The van der Waals surface area contributed by atoms with Crippen molar-refractivity contribution in [2.75, 3.05) is 18.9 Å². The van der Waals surface area contributed by atoms with Gasteiger partial charge in [-0.05, 0) is 19.8 Å². The number of ether oxygens (including phenoxy) is 1. The number of hydrogen-bond donors (Lipinski definition) is 2. The third-order valence-electron chi connectivity index (χ3n) is 1.59. The van der Waals surface area contributed by atoms with E-state index in [4.69, 9.17) is 10.5 Å². The molecule has 0 aliphatic carbocycles. The Balaban J connectivity index is 2.15. The third-order valence-corrected chi connectivity index (χ3v) is 1.59. The van der Waals surface area contributed by atoms with Gasteiger partial charge in [-0.3, -0.25) is 5.10 Å². The normalized spacial score (nSPS) is 10.4. The molecule has 4 heteroatoms. The van der Waals surface area contributed by atoms with E-state index < -0.39 is 0 Å². The fourth-order valence-electron chi connectivity index (χ4n) is 1.02. The van der Waals surface area contributed by atoms with Gasteiger partial charge in [0.25, 0.3) is 0 Å². The maximum absolute atomic E-state index is 5.44. The summed E-state index contributed by atoms with van der Waals surface area (Å²) in [5, 5.41) is 6.68. The Morgan fingerprint density at radius 2 is 2.50 bits per heavy atom. The van der Waals surface area contributed by atoms with Crippen LogP contribution in [0.25, 0.3) is 0 Å². The van der Waals surface area contributed by atoms with Gasteiger partial charge in [-0.25, -0.2) is 0 Å². The van der Waals surface area contributed by atoms with Gasteiger partial charge >= 0.3 is 0 Å². The van der Waals surface area contributed by atoms with Crippen molar-refractivity contribution in [1.29, 1.82) is 0 Å². The van der Waals surface area contributed by atoms with Crippen molar-refractivity contribution in [3.8, 4) is 0 Å². The van der Waals surface area contributed by atoms with E-state index in [-0.39, 0.29) is 0 Å². The number of nitrogens with one attached hydrogen (secondary N) is 1. The van der Waals surface area contributed by atoms with Crippen LogP contribution in [0.2, 0.25) is 0 Å². The topological polar surface area (TPSA) is 63.9 Å². The van der Waals surface area contributed by atoms with Crippen LogP contribution in [0.5, 0.6) is 0 Å². The quantitative estimate of drug-likeness (QED) is 0.645. The number of rotatable bonds is 5. The molecule has 0 saturated heterocycles. The predicted octanol–water partition coefficient (Wildman–Crippen LogP) is 0.961. The number of nitrogens with two attached hydrogens (primary N) is 1. The van der Waals surface area contributed by atoms with Crippen molar-refractivity contribution in [2.24, 2.45) is 0 Å². The Morgan fingerprint density at radius 3 is 3.08 bits per heavy atom. The Labute approximate surface area is 72.1 Å². The van der Waals surface area contributed by atoms with E-state index in [0.717, 1.165) is 31.7 Å². The van der Waals surface area contributed by atoms with E-state index in [2.05, 4.69) is 10.2 Å². The van der Waals surface area contributed by atoms with Gasteiger partial charge in [0.1, 0.15) is 5.82 Å². The summed E-state index contributed by atoms with van der Waals surface area (Å²) < 4.78 is 5.20. The van der Waals surface area contributed by atoms with Crippen LogP contribution < -0.4 is 5.73 Å². The third kappa shape index (κ3) is 2.92. The Morgan fingerprint density at radius 1 is 1.67 bits per heavy atom. The molecule has 1 aromatic heterocycles. The first-order valence-corrected chi connectivity index (χ1v) is 4.20. The molecule has 0 bridgehead atoms. The minimum Gasteiger partial charge on any atom is -0.382 e. The van der Waals surface area contributed by atoms with Gasteiger partial charge in [0.2, 0.25) is 0 Å². The molecule has 0 aliphatic rings. The van der Waals surface area contributed by atoms with Crippen LogP contribution >= 0.6 is 0 Å². The molecule has 3 N–H and O–H groups in total. The number of aromatic nitrogens is 2. The highest BCUT2D eigenvalue weighted by Crippen LogP contribution is 2.03. The number of nitrogen functional groups attached to an aromatic ring is 1. The van der Waals surface area contributed by atoms with Gasteiger partial charge in [-0.15, -0.1) is 0 Å². The van der Waals surface area contributed by atoms with Crippen molar-refractivity contribution in [3.63, 3.8) is 0 Å². The number of hydrogen-bond acceptors (Lipinski definition) is 3. The van der Waals surface area contributed by atoms with E-state index in [1.807, 2.05) is 13.0 Å². The molecule has 0 radical (unpaired) electrons. The second kappa shape index (κ2) is 4.77. The molecule has 1 aromatic rings. The Hall–Kier alpha value is -1.03. The van der Waals surface area contributed by atoms with Gasteiger partial charge in [0.05, 0.1) is 0 Å². The maximum atomic E-state index is 5.44. The van der Waals surface area contributed by atoms with Crippen molar-refractivity contribution in [3.05, 3.63) is 11.8 Å². The van der Waals surface area contributed by atoms with E-state index in [1.165, 1.54) is 0 Å². The highest BCUT2D eigenvalue weighted by Gasteiger charge is 1.96. The van der Waals surface area contributed by atoms with Crippen LogP contribution in [-0.4, -0.2) is 23.4 Å². The fraction of sp³-hybridized carbons (Fsp3) is 0.625. The number of anilines is 1. The average Bonchev–Trinajstić information content (AvgIpc) is 2.45. The zero-order chi connectivity index (χ0) is 8.81. The summed E-state index contributed by atoms with van der Waals surface area (Å²) in [5.41, 5.74) is 6.51. The molecule has 0 fully saturated rings. The maximum Gasteiger partial charge on any atom is 0.145 e. The molecule has 1 heterocycles. The fourth-order valence-corrected chi connectivity index (χ4v) is 1.02. The second-order valence-electron chi connectivity index (χ2n) is 2.62. The molecule has 0 unspecified atom stereocenters. The predicted molar refractivity (Wildman–Crippen MR) is 47.8 cm³/mol. The molecule has 0 saturated carbocycles. The van der Waals surface area contributed by atoms with E-state index in [0.29, 0.717) is 5.82 Å². The monoisotopic (exact) mass is 169 g/mol. The minimum atomic E-state index is 0.557. The molecule has 0 spiro atoms. The molecule has 68 valence electrons. The number of aryl methyl sites for hydroxylation is 1. The highest BCUT2D eigenvalue weighted by atomic mass is 16.5. The summed E-state index contributed by atoms with van der Waals surface area (Å²) in [7, 11) is 0. The second-order valence-corrected chi connectivity index (χ2v) is 2.62. The van der Waals surface area contributed by atoms with Gasteiger partial charge in [-0.1, -0.05) is 0 Å². The van der Waals surface area contributed by atoms with Crippen LogP contribution in [0, 0.1) is 0 Å². The summed E-state index contributed by atoms with van der Waals surface area (Å²) in [6.45, 7) is 3.58. The van der Waals surface area contributed by atoms with Crippen molar-refractivity contribution in [2.45, 2.75) is 19.8 Å². The van der Waals surface area contributed by atoms with Crippen LogP contribution in [0.15, 0.2) is 6.07 Å². The van der Waals surface area contributed by atoms with Gasteiger partial charge in [0.15, 0.2) is 0 Å². The van der Waals surface area contributed by atoms with Crippen molar-refractivity contribution < 1.29 is 4.74 Å². The van der Waals surface area contributed by atoms with Crippen LogP contribution in [-0.2, 0) is 11.2 Å². The molecule has 0 amide bonds. The lowest BCUT2D eigenvalue weighted by molar-refractivity contribution is 0.145. The van der Waals surface area contributed by atoms with E-state index >= 15 is 0 Å². The zero-order valence-electron chi connectivity index (χ0n) is 7.34. The number of nitrogens with zero attached hydrogens (tertiary/aromatic N) is 1. The van der Waals surface area contributed by atoms with Gasteiger partial charge in [0, 0.05) is 25.0 Å². The van der Waals surface area contributed by atoms with Crippen LogP contribution in [0.4, 0.5) is 5.82 Å².